The van der Waals surface area contributed by atoms with Crippen LogP contribution in [0.5, 0.6) is 0 Å². The standard InChI is InChI=1S/C27H38N4O2/c1-20(2)22-7-6-8-24(19-22)29-26(28-13-14-31-15-17-33-18-16-31)30-25(32)21-9-11-23(12-10-21)27(3,4)5/h6-12,19-20H,13-18H2,1-5H3,(H2,28,29,30,32). The Hall–Kier alpha value is -2.70. The average molecular weight is 451 g/mol. The van der Waals surface area contributed by atoms with Crippen LogP contribution in [0.4, 0.5) is 5.69 Å². The van der Waals surface area contributed by atoms with E-state index in [4.69, 9.17) is 9.73 Å². The topological polar surface area (TPSA) is 66.0 Å². The average Bonchev–Trinajstić information content (AvgIpc) is 2.79. The van der Waals surface area contributed by atoms with Crippen molar-refractivity contribution in [2.24, 2.45) is 4.99 Å². The SMILES string of the molecule is CC(C)c1cccc(NC(=NCCN2CCOCC2)NC(=O)c2ccc(C(C)(C)C)cc2)c1. The molecule has 6 nitrogen and oxygen atoms in total. The van der Waals surface area contributed by atoms with Crippen LogP contribution in [0.3, 0.4) is 0 Å². The number of anilines is 1. The molecule has 2 aromatic rings. The Bertz CT molecular complexity index is 939. The van der Waals surface area contributed by atoms with Gasteiger partial charge in [0.2, 0.25) is 5.96 Å². The maximum atomic E-state index is 13.0. The highest BCUT2D eigenvalue weighted by Gasteiger charge is 2.16. The van der Waals surface area contributed by atoms with Gasteiger partial charge in [-0.2, -0.15) is 0 Å². The van der Waals surface area contributed by atoms with E-state index in [-0.39, 0.29) is 11.3 Å². The first-order valence-corrected chi connectivity index (χ1v) is 11.9. The Balaban J connectivity index is 1.73. The van der Waals surface area contributed by atoms with Crippen molar-refractivity contribution in [1.29, 1.82) is 0 Å². The lowest BCUT2D eigenvalue weighted by Crippen LogP contribution is -2.39. The Morgan fingerprint density at radius 1 is 1.09 bits per heavy atom. The van der Waals surface area contributed by atoms with Gasteiger partial charge in [0.25, 0.3) is 5.91 Å². The van der Waals surface area contributed by atoms with Crippen molar-refractivity contribution in [2.75, 3.05) is 44.7 Å². The second-order valence-electron chi connectivity index (χ2n) is 9.87. The molecule has 1 aliphatic rings. The lowest BCUT2D eigenvalue weighted by atomic mass is 9.87. The number of guanidine groups is 1. The molecular weight excluding hydrogens is 412 g/mol. The summed E-state index contributed by atoms with van der Waals surface area (Å²) in [7, 11) is 0. The van der Waals surface area contributed by atoms with E-state index in [0.29, 0.717) is 24.0 Å². The molecule has 0 spiro atoms. The Labute approximate surface area is 198 Å². The number of ether oxygens (including phenoxy) is 1. The van der Waals surface area contributed by atoms with E-state index in [1.807, 2.05) is 36.4 Å². The van der Waals surface area contributed by atoms with E-state index in [1.165, 1.54) is 11.1 Å². The van der Waals surface area contributed by atoms with Crippen LogP contribution in [-0.2, 0) is 10.2 Å². The molecule has 2 N–H and O–H groups in total. The largest absolute Gasteiger partial charge is 0.379 e. The second-order valence-corrected chi connectivity index (χ2v) is 9.87. The van der Waals surface area contributed by atoms with Gasteiger partial charge in [-0.3, -0.25) is 20.0 Å². The van der Waals surface area contributed by atoms with Gasteiger partial charge in [0.15, 0.2) is 0 Å². The van der Waals surface area contributed by atoms with Crippen LogP contribution in [0.2, 0.25) is 0 Å². The predicted octanol–water partition coefficient (Wildman–Crippen LogP) is 4.64. The molecule has 0 radical (unpaired) electrons. The van der Waals surface area contributed by atoms with Crippen molar-refractivity contribution in [3.63, 3.8) is 0 Å². The van der Waals surface area contributed by atoms with Gasteiger partial charge in [0.1, 0.15) is 0 Å². The first-order valence-electron chi connectivity index (χ1n) is 11.9. The normalized spacial score (nSPS) is 15.5. The number of rotatable bonds is 6. The fourth-order valence-electron chi connectivity index (χ4n) is 3.65. The van der Waals surface area contributed by atoms with E-state index >= 15 is 0 Å². The summed E-state index contributed by atoms with van der Waals surface area (Å²) in [6.45, 7) is 15.6. The number of hydrogen-bond donors (Lipinski definition) is 2. The monoisotopic (exact) mass is 450 g/mol. The molecule has 0 unspecified atom stereocenters. The molecule has 33 heavy (non-hydrogen) atoms. The van der Waals surface area contributed by atoms with Crippen LogP contribution in [0, 0.1) is 0 Å². The second kappa shape index (κ2) is 11.4. The van der Waals surface area contributed by atoms with Crippen LogP contribution in [-0.4, -0.2) is 56.2 Å². The summed E-state index contributed by atoms with van der Waals surface area (Å²) in [4.78, 5) is 20.0. The molecule has 0 atom stereocenters. The molecule has 0 saturated carbocycles. The summed E-state index contributed by atoms with van der Waals surface area (Å²) in [6, 6.07) is 16.0. The van der Waals surface area contributed by atoms with E-state index in [1.54, 1.807) is 0 Å². The van der Waals surface area contributed by atoms with Gasteiger partial charge in [0.05, 0.1) is 19.8 Å². The minimum atomic E-state index is -0.173. The number of nitrogens with one attached hydrogen (secondary N) is 2. The van der Waals surface area contributed by atoms with Crippen molar-refractivity contribution in [3.05, 3.63) is 65.2 Å². The van der Waals surface area contributed by atoms with Crippen LogP contribution in [0.1, 0.15) is 62.0 Å². The van der Waals surface area contributed by atoms with Crippen molar-refractivity contribution >= 4 is 17.6 Å². The molecule has 1 heterocycles. The first kappa shape index (κ1) is 24.9. The zero-order valence-electron chi connectivity index (χ0n) is 20.6. The van der Waals surface area contributed by atoms with Gasteiger partial charge in [-0.05, 0) is 46.7 Å². The minimum absolute atomic E-state index is 0.0457. The summed E-state index contributed by atoms with van der Waals surface area (Å²) in [5, 5.41) is 6.31. The number of benzene rings is 2. The molecule has 2 aromatic carbocycles. The molecule has 3 rings (SSSR count). The van der Waals surface area contributed by atoms with E-state index < -0.39 is 0 Å². The van der Waals surface area contributed by atoms with Crippen molar-refractivity contribution in [1.82, 2.24) is 10.2 Å². The lowest BCUT2D eigenvalue weighted by molar-refractivity contribution is 0.0394. The number of morpholine rings is 1. The van der Waals surface area contributed by atoms with Crippen molar-refractivity contribution in [3.8, 4) is 0 Å². The molecule has 0 aromatic heterocycles. The summed E-state index contributed by atoms with van der Waals surface area (Å²) in [6.07, 6.45) is 0. The third kappa shape index (κ3) is 7.69. The van der Waals surface area contributed by atoms with E-state index in [9.17, 15) is 4.79 Å². The summed E-state index contributed by atoms with van der Waals surface area (Å²) in [5.74, 6) is 0.714. The third-order valence-corrected chi connectivity index (χ3v) is 5.85. The molecule has 1 saturated heterocycles. The maximum Gasteiger partial charge on any atom is 0.257 e. The molecule has 1 fully saturated rings. The third-order valence-electron chi connectivity index (χ3n) is 5.85. The Morgan fingerprint density at radius 2 is 1.79 bits per heavy atom. The highest BCUT2D eigenvalue weighted by Crippen LogP contribution is 2.22. The van der Waals surface area contributed by atoms with Gasteiger partial charge in [-0.15, -0.1) is 0 Å². The van der Waals surface area contributed by atoms with E-state index in [2.05, 4.69) is 62.3 Å². The number of hydrogen-bond acceptors (Lipinski definition) is 4. The fourth-order valence-corrected chi connectivity index (χ4v) is 3.65. The zero-order valence-corrected chi connectivity index (χ0v) is 20.6. The minimum Gasteiger partial charge on any atom is -0.379 e. The molecule has 6 heteroatoms. The van der Waals surface area contributed by atoms with Gasteiger partial charge in [-0.25, -0.2) is 0 Å². The summed E-state index contributed by atoms with van der Waals surface area (Å²) >= 11 is 0. The fraction of sp³-hybridized carbons (Fsp3) is 0.481. The highest BCUT2D eigenvalue weighted by atomic mass is 16.5. The number of amides is 1. The number of aliphatic imine (C=N–C) groups is 1. The molecular formula is C27H38N4O2. The Kier molecular flexibility index (Phi) is 8.64. The van der Waals surface area contributed by atoms with Crippen LogP contribution in [0.25, 0.3) is 0 Å². The Morgan fingerprint density at radius 3 is 2.42 bits per heavy atom. The van der Waals surface area contributed by atoms with Crippen LogP contribution < -0.4 is 10.6 Å². The van der Waals surface area contributed by atoms with Crippen molar-refractivity contribution < 1.29 is 9.53 Å². The van der Waals surface area contributed by atoms with Gasteiger partial charge in [0, 0.05) is 30.9 Å². The highest BCUT2D eigenvalue weighted by molar-refractivity contribution is 6.10. The van der Waals surface area contributed by atoms with Gasteiger partial charge in [-0.1, -0.05) is 58.9 Å². The number of carbonyl (C=O) groups is 1. The molecule has 1 amide bonds. The molecule has 1 aliphatic heterocycles. The van der Waals surface area contributed by atoms with E-state index in [0.717, 1.165) is 38.5 Å². The van der Waals surface area contributed by atoms with Crippen LogP contribution in [0.15, 0.2) is 53.5 Å². The van der Waals surface area contributed by atoms with Crippen molar-refractivity contribution in [2.45, 2.75) is 46.0 Å². The lowest BCUT2D eigenvalue weighted by Gasteiger charge is -2.25. The first-order chi connectivity index (χ1) is 15.7. The molecule has 0 aliphatic carbocycles. The number of nitrogens with zero attached hydrogens (tertiary/aromatic N) is 2. The molecule has 0 bridgehead atoms. The van der Waals surface area contributed by atoms with Gasteiger partial charge >= 0.3 is 0 Å². The van der Waals surface area contributed by atoms with Crippen LogP contribution >= 0.6 is 0 Å². The summed E-state index contributed by atoms with van der Waals surface area (Å²) < 4.78 is 5.42. The smallest absolute Gasteiger partial charge is 0.257 e. The maximum absolute atomic E-state index is 13.0. The van der Waals surface area contributed by atoms with Gasteiger partial charge < -0.3 is 10.1 Å². The quantitative estimate of drug-likeness (QED) is 0.497. The zero-order chi connectivity index (χ0) is 23.8. The number of carbonyl (C=O) groups excluding carboxylic acids is 1. The predicted molar refractivity (Wildman–Crippen MR) is 136 cm³/mol. The molecule has 178 valence electrons. The summed E-state index contributed by atoms with van der Waals surface area (Å²) in [5.41, 5.74) is 4.00.